The van der Waals surface area contributed by atoms with Gasteiger partial charge >= 0.3 is 0 Å². The van der Waals surface area contributed by atoms with Crippen LogP contribution in [0.4, 0.5) is 0 Å². The van der Waals surface area contributed by atoms with E-state index in [0.29, 0.717) is 18.2 Å². The van der Waals surface area contributed by atoms with Crippen LogP contribution in [-0.2, 0) is 9.84 Å². The molecule has 0 radical (unpaired) electrons. The molecule has 0 aliphatic heterocycles. The summed E-state index contributed by atoms with van der Waals surface area (Å²) in [6.07, 6.45) is -0.796. The van der Waals surface area contributed by atoms with Gasteiger partial charge < -0.3 is 20.3 Å². The van der Waals surface area contributed by atoms with Gasteiger partial charge in [-0.1, -0.05) is 30.1 Å². The molecule has 0 saturated heterocycles. The highest BCUT2D eigenvalue weighted by atomic mass is 35.5. The molecule has 2 aromatic rings. The van der Waals surface area contributed by atoms with Crippen LogP contribution in [0.25, 0.3) is 0 Å². The summed E-state index contributed by atoms with van der Waals surface area (Å²) in [5, 5.41) is 9.60. The third-order valence-electron chi connectivity index (χ3n) is 3.91. The molecule has 2 atom stereocenters. The van der Waals surface area contributed by atoms with Crippen molar-refractivity contribution in [3.63, 3.8) is 0 Å². The number of halogens is 3. The maximum Gasteiger partial charge on any atom is 0.206 e. The molecule has 160 valence electrons. The van der Waals surface area contributed by atoms with Gasteiger partial charge in [0, 0.05) is 18.3 Å². The smallest absolute Gasteiger partial charge is 0.206 e. The Morgan fingerprint density at radius 2 is 1.62 bits per heavy atom. The van der Waals surface area contributed by atoms with Gasteiger partial charge in [-0.25, -0.2) is 8.42 Å². The van der Waals surface area contributed by atoms with Crippen LogP contribution in [0.3, 0.4) is 0 Å². The molecule has 0 aliphatic carbocycles. The molecular weight excluding hydrogens is 461 g/mol. The van der Waals surface area contributed by atoms with E-state index in [4.69, 9.17) is 50.0 Å². The fourth-order valence-electron chi connectivity index (χ4n) is 2.21. The molecule has 10 heteroatoms. The van der Waals surface area contributed by atoms with E-state index in [0.717, 1.165) is 0 Å². The van der Waals surface area contributed by atoms with E-state index in [-0.39, 0.29) is 44.7 Å². The molecule has 0 saturated carbocycles. The lowest BCUT2D eigenvalue weighted by Crippen LogP contribution is -2.26. The van der Waals surface area contributed by atoms with E-state index < -0.39 is 15.9 Å². The number of hydrogen-bond acceptors (Lipinski definition) is 6. The van der Waals surface area contributed by atoms with Crippen molar-refractivity contribution in [2.45, 2.75) is 22.8 Å². The van der Waals surface area contributed by atoms with Gasteiger partial charge in [0.25, 0.3) is 0 Å². The van der Waals surface area contributed by atoms with Crippen molar-refractivity contribution in [2.75, 3.05) is 25.6 Å². The van der Waals surface area contributed by atoms with Crippen LogP contribution in [0, 0.1) is 5.92 Å². The zero-order chi connectivity index (χ0) is 21.6. The maximum absolute atomic E-state index is 12.9. The third kappa shape index (κ3) is 6.38. The van der Waals surface area contributed by atoms with Crippen LogP contribution in [0.5, 0.6) is 11.5 Å². The first-order chi connectivity index (χ1) is 13.7. The van der Waals surface area contributed by atoms with Crippen LogP contribution in [0.1, 0.15) is 6.92 Å². The number of aliphatic hydroxyl groups is 1. The normalized spacial score (nSPS) is 13.7. The first kappa shape index (κ1) is 24.1. The number of nitrogens with two attached hydrogens (primary N) is 1. The third-order valence-corrected chi connectivity index (χ3v) is 6.74. The highest BCUT2D eigenvalue weighted by molar-refractivity contribution is 7.91. The SMILES string of the molecule is C[C@H](CCl)COc1c(Cl)cc(S(=O)(=O)c2ccc(OC[C@H](O)CN)cc2)cc1Cl. The Bertz CT molecular complexity index is 899. The fraction of sp³-hybridized carbons (Fsp3) is 0.368. The lowest BCUT2D eigenvalue weighted by atomic mass is 10.2. The van der Waals surface area contributed by atoms with Crippen molar-refractivity contribution < 1.29 is 23.0 Å². The molecule has 0 unspecified atom stereocenters. The van der Waals surface area contributed by atoms with Gasteiger partial charge in [-0.3, -0.25) is 0 Å². The van der Waals surface area contributed by atoms with E-state index in [1.807, 2.05) is 6.92 Å². The summed E-state index contributed by atoms with van der Waals surface area (Å²) in [5.74, 6) is 1.11. The van der Waals surface area contributed by atoms with Crippen molar-refractivity contribution >= 4 is 44.6 Å². The van der Waals surface area contributed by atoms with Crippen molar-refractivity contribution in [3.05, 3.63) is 46.4 Å². The molecule has 3 N–H and O–H groups in total. The van der Waals surface area contributed by atoms with E-state index >= 15 is 0 Å². The van der Waals surface area contributed by atoms with Crippen molar-refractivity contribution in [1.82, 2.24) is 0 Å². The lowest BCUT2D eigenvalue weighted by Gasteiger charge is -2.15. The second-order valence-electron chi connectivity index (χ2n) is 6.46. The zero-order valence-corrected chi connectivity index (χ0v) is 18.7. The van der Waals surface area contributed by atoms with Crippen LogP contribution in [0.2, 0.25) is 10.0 Å². The molecule has 2 aromatic carbocycles. The fourth-order valence-corrected chi connectivity index (χ4v) is 4.34. The molecular formula is C19H22Cl3NO5S. The van der Waals surface area contributed by atoms with E-state index in [1.165, 1.54) is 36.4 Å². The molecule has 6 nitrogen and oxygen atoms in total. The summed E-state index contributed by atoms with van der Waals surface area (Å²) in [7, 11) is -3.86. The van der Waals surface area contributed by atoms with Crippen LogP contribution < -0.4 is 15.2 Å². The number of alkyl halides is 1. The number of rotatable bonds is 10. The highest BCUT2D eigenvalue weighted by Crippen LogP contribution is 2.37. The summed E-state index contributed by atoms with van der Waals surface area (Å²) in [6.45, 7) is 2.28. The number of hydrogen-bond donors (Lipinski definition) is 2. The molecule has 29 heavy (non-hydrogen) atoms. The first-order valence-corrected chi connectivity index (χ1v) is 11.5. The Morgan fingerprint density at radius 3 is 2.14 bits per heavy atom. The van der Waals surface area contributed by atoms with Gasteiger partial charge in [0.15, 0.2) is 5.75 Å². The van der Waals surface area contributed by atoms with Crippen molar-refractivity contribution in [3.8, 4) is 11.5 Å². The van der Waals surface area contributed by atoms with Gasteiger partial charge in [-0.05, 0) is 36.4 Å². The number of benzene rings is 2. The standard InChI is InChI=1S/C19H22Cl3NO5S/c1-12(8-20)10-28-19-17(21)6-16(7-18(19)22)29(25,26)15-4-2-14(3-5-15)27-11-13(24)9-23/h2-7,12-13,24H,8-11,23H2,1H3/t12-,13-/m1/s1. The van der Waals surface area contributed by atoms with Gasteiger partial charge in [0.2, 0.25) is 9.84 Å². The Morgan fingerprint density at radius 1 is 1.03 bits per heavy atom. The molecule has 0 amide bonds. The second-order valence-corrected chi connectivity index (χ2v) is 9.53. The van der Waals surface area contributed by atoms with Gasteiger partial charge in [-0.15, -0.1) is 11.6 Å². The monoisotopic (exact) mass is 481 g/mol. The largest absolute Gasteiger partial charge is 0.491 e. The predicted molar refractivity (Wildman–Crippen MR) is 114 cm³/mol. The first-order valence-electron chi connectivity index (χ1n) is 8.73. The topological polar surface area (TPSA) is 98.9 Å². The summed E-state index contributed by atoms with van der Waals surface area (Å²) in [5.41, 5.74) is 5.31. The number of ether oxygens (including phenoxy) is 2. The van der Waals surface area contributed by atoms with E-state index in [9.17, 15) is 13.5 Å². The van der Waals surface area contributed by atoms with Crippen molar-refractivity contribution in [2.24, 2.45) is 11.7 Å². The van der Waals surface area contributed by atoms with Crippen LogP contribution >= 0.6 is 34.8 Å². The molecule has 0 aromatic heterocycles. The maximum atomic E-state index is 12.9. The van der Waals surface area contributed by atoms with E-state index in [2.05, 4.69) is 0 Å². The summed E-state index contributed by atoms with van der Waals surface area (Å²) in [4.78, 5) is -0.0155. The Balaban J connectivity index is 2.22. The molecule has 0 aliphatic rings. The minimum absolute atomic E-state index is 0.0115. The van der Waals surface area contributed by atoms with Crippen LogP contribution in [0.15, 0.2) is 46.2 Å². The minimum atomic E-state index is -3.86. The molecule has 0 spiro atoms. The lowest BCUT2D eigenvalue weighted by molar-refractivity contribution is 0.114. The number of aliphatic hydroxyl groups excluding tert-OH is 1. The summed E-state index contributed by atoms with van der Waals surface area (Å²) >= 11 is 18.2. The Labute approximate surface area is 185 Å². The highest BCUT2D eigenvalue weighted by Gasteiger charge is 2.22. The predicted octanol–water partition coefficient (Wildman–Crippen LogP) is 3.78. The molecule has 0 heterocycles. The van der Waals surface area contributed by atoms with Gasteiger partial charge in [0.1, 0.15) is 18.5 Å². The van der Waals surface area contributed by atoms with E-state index in [1.54, 1.807) is 0 Å². The zero-order valence-electron chi connectivity index (χ0n) is 15.6. The molecule has 0 bridgehead atoms. The Hall–Kier alpha value is -1.22. The van der Waals surface area contributed by atoms with Gasteiger partial charge in [0.05, 0.1) is 26.4 Å². The number of sulfone groups is 1. The second kappa shape index (κ2) is 10.7. The average Bonchev–Trinajstić information content (AvgIpc) is 2.71. The quantitative estimate of drug-likeness (QED) is 0.500. The van der Waals surface area contributed by atoms with Gasteiger partial charge in [-0.2, -0.15) is 0 Å². The average molecular weight is 483 g/mol. The minimum Gasteiger partial charge on any atom is -0.491 e. The molecule has 2 rings (SSSR count). The van der Waals surface area contributed by atoms with Crippen molar-refractivity contribution in [1.29, 1.82) is 0 Å². The summed E-state index contributed by atoms with van der Waals surface area (Å²) < 4.78 is 36.7. The Kier molecular flexibility index (Phi) is 8.88. The van der Waals surface area contributed by atoms with Crippen LogP contribution in [-0.4, -0.2) is 45.3 Å². The summed E-state index contributed by atoms with van der Waals surface area (Å²) in [6, 6.07) is 8.37. The molecule has 0 fully saturated rings.